The summed E-state index contributed by atoms with van der Waals surface area (Å²) < 4.78 is 52.0. The molecule has 6 rings (SSSR count). The molecule has 3 aromatic carbocycles. The van der Waals surface area contributed by atoms with Gasteiger partial charge in [0.25, 0.3) is 11.8 Å². The first-order valence-corrected chi connectivity index (χ1v) is 16.0. The van der Waals surface area contributed by atoms with Crippen LogP contribution >= 0.6 is 17.0 Å². The monoisotopic (exact) mass is 763 g/mol. The predicted octanol–water partition coefficient (Wildman–Crippen LogP) is 7.72. The zero-order valence-corrected chi connectivity index (χ0v) is 30.0. The Morgan fingerprint density at radius 1 is 0.941 bits per heavy atom. The fourth-order valence-electron chi connectivity index (χ4n) is 5.89. The molecule has 2 amide bonds. The Kier molecular flexibility index (Phi) is 11.5. The summed E-state index contributed by atoms with van der Waals surface area (Å²) in [7, 11) is 5.05. The van der Waals surface area contributed by atoms with Crippen molar-refractivity contribution < 1.29 is 32.2 Å². The summed E-state index contributed by atoms with van der Waals surface area (Å²) in [4.78, 5) is 36.2. The van der Waals surface area contributed by atoms with E-state index in [1.807, 2.05) is 59.0 Å². The zero-order chi connectivity index (χ0) is 35.4. The lowest BCUT2D eigenvalue weighted by Crippen LogP contribution is -2.48. The number of halogens is 4. The highest BCUT2D eigenvalue weighted by Gasteiger charge is 2.30. The number of nitrogens with zero attached hydrogens (tertiary/aromatic N) is 5. The molecule has 51 heavy (non-hydrogen) atoms. The summed E-state index contributed by atoms with van der Waals surface area (Å²) in [6.07, 6.45) is 1.15. The second kappa shape index (κ2) is 15.8. The van der Waals surface area contributed by atoms with Gasteiger partial charge in [0.2, 0.25) is 5.88 Å². The van der Waals surface area contributed by atoms with Crippen LogP contribution in [-0.2, 0) is 13.2 Å². The first-order valence-electron chi connectivity index (χ1n) is 16.0. The van der Waals surface area contributed by atoms with Gasteiger partial charge in [-0.2, -0.15) is 13.2 Å². The number of fused-ring (bicyclic) bond motifs is 1. The van der Waals surface area contributed by atoms with E-state index >= 15 is 0 Å². The van der Waals surface area contributed by atoms with E-state index in [9.17, 15) is 22.8 Å². The molecule has 0 atom stereocenters. The van der Waals surface area contributed by atoms with E-state index in [1.54, 1.807) is 25.3 Å². The van der Waals surface area contributed by atoms with Gasteiger partial charge in [-0.15, -0.1) is 17.0 Å². The summed E-state index contributed by atoms with van der Waals surface area (Å²) in [5.74, 6) is 1.13. The average Bonchev–Trinajstić information content (AvgIpc) is 3.46. The third-order valence-electron chi connectivity index (χ3n) is 8.79. The molecule has 0 radical (unpaired) electrons. The average molecular weight is 765 g/mol. The minimum Gasteiger partial charge on any atom is -0.496 e. The van der Waals surface area contributed by atoms with Crippen LogP contribution in [0.5, 0.6) is 17.4 Å². The second-order valence-electron chi connectivity index (χ2n) is 11.9. The van der Waals surface area contributed by atoms with Crippen LogP contribution in [0.15, 0.2) is 97.2 Å². The van der Waals surface area contributed by atoms with Crippen molar-refractivity contribution in [2.24, 2.45) is 7.05 Å². The molecular formula is C38H37BrF3N5O4. The molecule has 0 unspecified atom stereocenters. The number of alkyl halides is 3. The first-order chi connectivity index (χ1) is 24.0. The number of carbonyl (C=O) groups is 2. The van der Waals surface area contributed by atoms with Gasteiger partial charge in [0.05, 0.1) is 24.6 Å². The number of para-hydroxylation sites is 1. The molecule has 2 aromatic heterocycles. The van der Waals surface area contributed by atoms with Crippen molar-refractivity contribution in [2.75, 3.05) is 51.8 Å². The van der Waals surface area contributed by atoms with E-state index in [-0.39, 0.29) is 34.3 Å². The number of amides is 2. The Bertz CT molecular complexity index is 2020. The van der Waals surface area contributed by atoms with E-state index in [4.69, 9.17) is 9.47 Å². The Morgan fingerprint density at radius 3 is 2.33 bits per heavy atom. The number of benzene rings is 3. The molecule has 0 spiro atoms. The Morgan fingerprint density at radius 2 is 1.67 bits per heavy atom. The zero-order valence-electron chi connectivity index (χ0n) is 28.3. The molecular weight excluding hydrogens is 727 g/mol. The van der Waals surface area contributed by atoms with Crippen molar-refractivity contribution in [1.29, 1.82) is 0 Å². The number of carbonyl (C=O) groups excluding carboxylic acids is 2. The maximum atomic E-state index is 13.6. The maximum Gasteiger partial charge on any atom is 0.416 e. The fraction of sp³-hybridized carbons (Fsp3) is 0.237. The van der Waals surface area contributed by atoms with Crippen molar-refractivity contribution in [3.05, 3.63) is 120 Å². The van der Waals surface area contributed by atoms with Crippen molar-refractivity contribution in [2.45, 2.75) is 6.18 Å². The Balaban J connectivity index is 0.00000504. The van der Waals surface area contributed by atoms with Crippen LogP contribution in [0.25, 0.3) is 17.0 Å². The van der Waals surface area contributed by atoms with Gasteiger partial charge in [0, 0.05) is 74.9 Å². The first kappa shape index (κ1) is 37.1. The van der Waals surface area contributed by atoms with Gasteiger partial charge in [-0.25, -0.2) is 4.98 Å². The van der Waals surface area contributed by atoms with Crippen molar-refractivity contribution in [1.82, 2.24) is 19.4 Å². The molecule has 1 fully saturated rings. The van der Waals surface area contributed by atoms with Gasteiger partial charge >= 0.3 is 6.18 Å². The molecule has 5 aromatic rings. The predicted molar refractivity (Wildman–Crippen MR) is 196 cm³/mol. The van der Waals surface area contributed by atoms with Crippen LogP contribution in [-0.4, -0.2) is 78.0 Å². The fourth-order valence-corrected chi connectivity index (χ4v) is 5.89. The van der Waals surface area contributed by atoms with Crippen molar-refractivity contribution in [3.63, 3.8) is 0 Å². The summed E-state index contributed by atoms with van der Waals surface area (Å²) in [6, 6.07) is 22.6. The highest BCUT2D eigenvalue weighted by Crippen LogP contribution is 2.31. The highest BCUT2D eigenvalue weighted by molar-refractivity contribution is 8.93. The van der Waals surface area contributed by atoms with Gasteiger partial charge in [-0.3, -0.25) is 14.5 Å². The second-order valence-corrected chi connectivity index (χ2v) is 11.9. The Hall–Kier alpha value is -5.14. The minimum atomic E-state index is -4.48. The number of hydrogen-bond acceptors (Lipinski definition) is 6. The lowest BCUT2D eigenvalue weighted by molar-refractivity contribution is -0.137. The van der Waals surface area contributed by atoms with Gasteiger partial charge in [0.15, 0.2) is 0 Å². The van der Waals surface area contributed by atoms with E-state index < -0.39 is 17.6 Å². The van der Waals surface area contributed by atoms with E-state index in [1.165, 1.54) is 18.1 Å². The van der Waals surface area contributed by atoms with E-state index in [0.717, 1.165) is 66.1 Å². The van der Waals surface area contributed by atoms with Gasteiger partial charge in [-0.1, -0.05) is 30.4 Å². The number of rotatable bonds is 9. The van der Waals surface area contributed by atoms with Gasteiger partial charge in [0.1, 0.15) is 17.2 Å². The van der Waals surface area contributed by atoms with Crippen LogP contribution < -0.4 is 14.4 Å². The number of pyridine rings is 1. The third kappa shape index (κ3) is 8.43. The largest absolute Gasteiger partial charge is 0.496 e. The number of anilines is 1. The minimum absolute atomic E-state index is 0. The molecule has 0 aliphatic carbocycles. The van der Waals surface area contributed by atoms with E-state index in [0.29, 0.717) is 30.2 Å². The number of methoxy groups -OCH3 is 1. The van der Waals surface area contributed by atoms with Crippen LogP contribution in [0.2, 0.25) is 0 Å². The van der Waals surface area contributed by atoms with Crippen molar-refractivity contribution in [3.8, 4) is 17.4 Å². The number of hydrogen-bond donors (Lipinski definition) is 0. The van der Waals surface area contributed by atoms with Gasteiger partial charge < -0.3 is 23.8 Å². The SMILES string of the molecule is Br.COc1ccccc1/C=C/CN1CCN(C(=O)c2cc3cc(Oc4ccc(N(C)C(=O)c5ccc(C(F)(F)F)cc5)cn4)ccc3n2C)CC1. The number of ether oxygens (including phenoxy) is 2. The van der Waals surface area contributed by atoms with Crippen LogP contribution in [0.1, 0.15) is 32.0 Å². The molecule has 13 heteroatoms. The molecule has 266 valence electrons. The summed E-state index contributed by atoms with van der Waals surface area (Å²) in [5, 5.41) is 0.840. The lowest BCUT2D eigenvalue weighted by Gasteiger charge is -2.34. The summed E-state index contributed by atoms with van der Waals surface area (Å²) >= 11 is 0. The number of aromatic nitrogens is 2. The van der Waals surface area contributed by atoms with Crippen LogP contribution in [0.4, 0.5) is 18.9 Å². The molecule has 0 N–H and O–H groups in total. The maximum absolute atomic E-state index is 13.6. The lowest BCUT2D eigenvalue weighted by atomic mass is 10.1. The molecule has 1 saturated heterocycles. The van der Waals surface area contributed by atoms with Gasteiger partial charge in [-0.05, 0) is 60.7 Å². The topological polar surface area (TPSA) is 80.1 Å². The molecule has 3 heterocycles. The number of aryl methyl sites for hydroxylation is 1. The third-order valence-corrected chi connectivity index (χ3v) is 8.79. The van der Waals surface area contributed by atoms with E-state index in [2.05, 4.69) is 22.0 Å². The standard InChI is InChI=1S/C38H36F3N5O4.BrH/c1-43(36(47)27-10-12-29(13-11-27)38(39,40)41)30-14-17-35(42-25-30)50-31-15-16-32-28(23-31)24-33(44(32)2)37(48)46-21-19-45(20-22-46)18-6-8-26-7-4-5-9-34(26)49-3;/h4-17,23-25H,18-22H2,1-3H3;1H/b8-6+;. The Labute approximate surface area is 304 Å². The molecule has 9 nitrogen and oxygen atoms in total. The summed E-state index contributed by atoms with van der Waals surface area (Å²) in [6.45, 7) is 3.59. The number of piperazine rings is 1. The smallest absolute Gasteiger partial charge is 0.416 e. The molecule has 0 saturated carbocycles. The molecule has 1 aliphatic rings. The highest BCUT2D eigenvalue weighted by atomic mass is 79.9. The molecule has 1 aliphatic heterocycles. The quantitative estimate of drug-likeness (QED) is 0.153. The normalized spacial score (nSPS) is 13.6. The molecule has 0 bridgehead atoms. The van der Waals surface area contributed by atoms with Crippen LogP contribution in [0.3, 0.4) is 0 Å². The summed E-state index contributed by atoms with van der Waals surface area (Å²) in [5.41, 5.74) is 2.23. The van der Waals surface area contributed by atoms with Crippen LogP contribution in [0, 0.1) is 0 Å². The van der Waals surface area contributed by atoms with Crippen molar-refractivity contribution >= 4 is 51.5 Å².